The van der Waals surface area contributed by atoms with Gasteiger partial charge in [-0.2, -0.15) is 4.39 Å². The highest BCUT2D eigenvalue weighted by Crippen LogP contribution is 2.17. The highest BCUT2D eigenvalue weighted by molar-refractivity contribution is 5.77. The first-order valence-corrected chi connectivity index (χ1v) is 17.1. The fraction of sp³-hybridized carbons (Fsp3) is 0.667. The minimum absolute atomic E-state index is 0. The number of carbonyl (C=O) groups excluding carboxylic acids is 1. The Kier molecular flexibility index (Phi) is 52.4. The van der Waals surface area contributed by atoms with Crippen molar-refractivity contribution < 1.29 is 10.6 Å². The summed E-state index contributed by atoms with van der Waals surface area (Å²) in [5, 5.41) is 10.8. The molecule has 0 fully saturated rings. The third-order valence-electron chi connectivity index (χ3n) is 6.30. The zero-order chi connectivity index (χ0) is 35.0. The number of rotatable bonds is 20. The summed E-state index contributed by atoms with van der Waals surface area (Å²) in [4.78, 5) is 13.8. The lowest BCUT2D eigenvalue weighted by Gasteiger charge is -2.19. The Bertz CT molecular complexity index is 758. The molecule has 0 aromatic heterocycles. The van der Waals surface area contributed by atoms with Crippen molar-refractivity contribution in [3.63, 3.8) is 0 Å². The van der Waals surface area contributed by atoms with Crippen LogP contribution in [0, 0.1) is 11.3 Å². The summed E-state index contributed by atoms with van der Waals surface area (Å²) in [5.74, 6) is 0.374. The molecule has 2 N–H and O–H groups in total. The monoisotopic (exact) mass is 622 g/mol. The Morgan fingerprint density at radius 1 is 0.955 bits per heavy atom. The summed E-state index contributed by atoms with van der Waals surface area (Å²) in [6, 6.07) is 0.680. The van der Waals surface area contributed by atoms with Gasteiger partial charge in [-0.25, -0.2) is 4.99 Å². The van der Waals surface area contributed by atoms with Crippen LogP contribution in [-0.4, -0.2) is 31.1 Å². The third kappa shape index (κ3) is 46.6. The van der Waals surface area contributed by atoms with Crippen molar-refractivity contribution in [2.75, 3.05) is 6.54 Å². The number of halogens is 1. The van der Waals surface area contributed by atoms with Crippen LogP contribution in [0.4, 0.5) is 4.39 Å². The van der Waals surface area contributed by atoms with E-state index in [2.05, 4.69) is 44.2 Å². The standard InChI is InChI=1S/C20H40N2.C8H12FNO.C6H10.C3H6.C2H6.H2/c1-5-7-11-18(3)12-8-14-20(10-6-2)22-17-15-19(4)13-9-16-21;1-4-8(5-11)6(2)10-7(3)9;1-3-5-6-4-2;1-3-2;1-2;/h16,18,20-22H,4-15,17H2,1-3H3;5H,4H2,1-3H3;3-6H,1-2H3;3H,1H2,2H3;1-2H3;1H/b;8-6+,10-7?;5-3-,6-4-;;;/t18-,20?;;;;;/m1...../s1. The van der Waals surface area contributed by atoms with Gasteiger partial charge < -0.3 is 10.7 Å². The number of hydrogen-bond acceptors (Lipinski definition) is 4. The van der Waals surface area contributed by atoms with Crippen LogP contribution in [0.25, 0.3) is 0 Å². The molecule has 260 valence electrons. The summed E-state index contributed by atoms with van der Waals surface area (Å²) < 4.78 is 12.2. The molecule has 0 aromatic rings. The predicted octanol–water partition coefficient (Wildman–Crippen LogP) is 13.0. The Morgan fingerprint density at radius 3 is 1.91 bits per heavy atom. The lowest BCUT2D eigenvalue weighted by molar-refractivity contribution is -0.105. The van der Waals surface area contributed by atoms with Gasteiger partial charge in [0.1, 0.15) is 6.29 Å². The first-order chi connectivity index (χ1) is 21.1. The predicted molar refractivity (Wildman–Crippen MR) is 203 cm³/mol. The molecule has 44 heavy (non-hydrogen) atoms. The average Bonchev–Trinajstić information content (AvgIpc) is 3.00. The number of nitrogens with one attached hydrogen (secondary N) is 2. The van der Waals surface area contributed by atoms with Crippen molar-refractivity contribution in [3.8, 4) is 0 Å². The van der Waals surface area contributed by atoms with E-state index in [9.17, 15) is 9.18 Å². The van der Waals surface area contributed by atoms with E-state index in [4.69, 9.17) is 5.41 Å². The third-order valence-corrected chi connectivity index (χ3v) is 6.30. The molecule has 0 aliphatic carbocycles. The molecule has 0 saturated carbocycles. The summed E-state index contributed by atoms with van der Waals surface area (Å²) in [6.45, 7) is 30.1. The highest BCUT2D eigenvalue weighted by atomic mass is 19.1. The fourth-order valence-corrected chi connectivity index (χ4v) is 3.91. The molecule has 0 saturated heterocycles. The molecule has 4 nitrogen and oxygen atoms in total. The largest absolute Gasteiger partial charge is 0.314 e. The second-order valence-electron chi connectivity index (χ2n) is 10.5. The van der Waals surface area contributed by atoms with E-state index in [1.807, 2.05) is 65.8 Å². The van der Waals surface area contributed by atoms with Gasteiger partial charge in [-0.05, 0) is 84.9 Å². The second-order valence-corrected chi connectivity index (χ2v) is 10.5. The summed E-state index contributed by atoms with van der Waals surface area (Å²) >= 11 is 0. The zero-order valence-corrected chi connectivity index (χ0v) is 31.0. The highest BCUT2D eigenvalue weighted by Gasteiger charge is 2.09. The van der Waals surface area contributed by atoms with Gasteiger partial charge in [-0.1, -0.05) is 123 Å². The number of nitrogens with zero attached hydrogens (tertiary/aromatic N) is 1. The van der Waals surface area contributed by atoms with E-state index in [-0.39, 0.29) is 1.43 Å². The molecular weight excluding hydrogens is 545 g/mol. The van der Waals surface area contributed by atoms with Gasteiger partial charge >= 0.3 is 0 Å². The van der Waals surface area contributed by atoms with E-state index in [1.54, 1.807) is 13.0 Å². The minimum atomic E-state index is -0.518. The molecule has 0 aliphatic heterocycles. The van der Waals surface area contributed by atoms with Gasteiger partial charge in [0.15, 0.2) is 5.97 Å². The van der Waals surface area contributed by atoms with Crippen molar-refractivity contribution in [2.45, 2.75) is 159 Å². The van der Waals surface area contributed by atoms with Crippen LogP contribution in [0.15, 0.2) is 65.4 Å². The second kappa shape index (κ2) is 45.0. The molecule has 5 heteroatoms. The van der Waals surface area contributed by atoms with Crippen molar-refractivity contribution in [2.24, 2.45) is 10.9 Å². The SMILES string of the molecule is C/C=C\C=C/C.C=C(CCC=N)CCNC(CCC)CCC[C@H](C)CCCC.C=CC.CC.CC/C(C=O)=C(/C)N=C(C)F.[HH]. The number of unbranched alkanes of at least 4 members (excludes halogenated alkanes) is 1. The number of hydrogen-bond donors (Lipinski definition) is 2. The quantitative estimate of drug-likeness (QED) is 0.0467. The number of aldehydes is 1. The van der Waals surface area contributed by atoms with Gasteiger partial charge in [-0.3, -0.25) is 4.79 Å². The average molecular weight is 622 g/mol. The van der Waals surface area contributed by atoms with E-state index < -0.39 is 5.97 Å². The molecule has 0 heterocycles. The summed E-state index contributed by atoms with van der Waals surface area (Å²) in [6.07, 6.45) is 26.1. The minimum Gasteiger partial charge on any atom is -0.314 e. The maximum Gasteiger partial charge on any atom is 0.186 e. The van der Waals surface area contributed by atoms with Crippen LogP contribution in [0.2, 0.25) is 0 Å². The molecular formula is C39H76FN3O. The van der Waals surface area contributed by atoms with Crippen LogP contribution < -0.4 is 5.32 Å². The number of carbonyl (C=O) groups is 1. The van der Waals surface area contributed by atoms with Crippen molar-refractivity contribution >= 4 is 18.5 Å². The molecule has 0 bridgehead atoms. The van der Waals surface area contributed by atoms with Crippen molar-refractivity contribution in [1.29, 1.82) is 5.41 Å². The first kappa shape index (κ1) is 51.2. The van der Waals surface area contributed by atoms with Gasteiger partial charge in [0.25, 0.3) is 0 Å². The molecule has 1 unspecified atom stereocenters. The van der Waals surface area contributed by atoms with Crippen LogP contribution in [0.5, 0.6) is 0 Å². The molecule has 0 radical (unpaired) electrons. The molecule has 0 spiro atoms. The first-order valence-electron chi connectivity index (χ1n) is 17.1. The lowest BCUT2D eigenvalue weighted by atomic mass is 9.95. The zero-order valence-electron chi connectivity index (χ0n) is 31.0. The Hall–Kier alpha value is -2.40. The van der Waals surface area contributed by atoms with Crippen LogP contribution >= 0.6 is 0 Å². The summed E-state index contributed by atoms with van der Waals surface area (Å²) in [5.41, 5.74) is 2.28. The van der Waals surface area contributed by atoms with Crippen LogP contribution in [0.3, 0.4) is 0 Å². The molecule has 0 aromatic carbocycles. The van der Waals surface area contributed by atoms with Crippen LogP contribution in [0.1, 0.15) is 155 Å². The van der Waals surface area contributed by atoms with E-state index in [0.29, 0.717) is 30.0 Å². The topological polar surface area (TPSA) is 65.3 Å². The van der Waals surface area contributed by atoms with Gasteiger partial charge in [0.2, 0.25) is 0 Å². The maximum absolute atomic E-state index is 12.2. The van der Waals surface area contributed by atoms with Crippen molar-refractivity contribution in [3.05, 3.63) is 60.4 Å². The van der Waals surface area contributed by atoms with Gasteiger partial charge in [0.05, 0.1) is 0 Å². The van der Waals surface area contributed by atoms with Gasteiger partial charge in [-0.15, -0.1) is 6.58 Å². The fourth-order valence-electron chi connectivity index (χ4n) is 3.91. The van der Waals surface area contributed by atoms with Crippen molar-refractivity contribution in [1.82, 2.24) is 5.32 Å². The Labute approximate surface area is 276 Å². The number of allylic oxidation sites excluding steroid dienone is 7. The Morgan fingerprint density at radius 2 is 1.50 bits per heavy atom. The van der Waals surface area contributed by atoms with Crippen LogP contribution in [-0.2, 0) is 4.79 Å². The maximum atomic E-state index is 12.2. The van der Waals surface area contributed by atoms with E-state index in [1.165, 1.54) is 70.1 Å². The summed E-state index contributed by atoms with van der Waals surface area (Å²) in [7, 11) is 0. The lowest BCUT2D eigenvalue weighted by Crippen LogP contribution is -2.30. The normalized spacial score (nSPS) is 12.5. The number of aliphatic imine (C=N–C) groups is 1. The van der Waals surface area contributed by atoms with Gasteiger partial charge in [0, 0.05) is 25.7 Å². The van der Waals surface area contributed by atoms with E-state index >= 15 is 0 Å². The molecule has 0 amide bonds. The smallest absolute Gasteiger partial charge is 0.186 e. The van der Waals surface area contributed by atoms with E-state index in [0.717, 1.165) is 31.7 Å². The molecule has 0 aliphatic rings. The molecule has 0 rings (SSSR count). The molecule has 2 atom stereocenters. The Balaban J connectivity index is -0.000000137.